The molecule has 1 rings (SSSR count). The average molecular weight is 290 g/mol. The lowest BCUT2D eigenvalue weighted by Crippen LogP contribution is -2.37. The molecule has 1 aromatic rings. The Morgan fingerprint density at radius 2 is 1.81 bits per heavy atom. The third-order valence-corrected chi connectivity index (χ3v) is 3.41. The maximum absolute atomic E-state index is 11.8. The van der Waals surface area contributed by atoms with Gasteiger partial charge in [0.05, 0.1) is 6.42 Å². The van der Waals surface area contributed by atoms with Crippen LogP contribution in [0.4, 0.5) is 0 Å². The normalized spacial score (nSPS) is 10.5. The molecule has 0 aliphatic rings. The van der Waals surface area contributed by atoms with E-state index in [0.717, 1.165) is 12.0 Å². The van der Waals surface area contributed by atoms with Crippen molar-refractivity contribution in [2.45, 2.75) is 46.6 Å². The summed E-state index contributed by atoms with van der Waals surface area (Å²) in [5, 5.41) is 2.90. The van der Waals surface area contributed by atoms with Crippen molar-refractivity contribution >= 4 is 11.8 Å². The molecule has 0 saturated heterocycles. The fraction of sp³-hybridized carbons (Fsp3) is 0.529. The number of carbonyl (C=O) groups excluding carboxylic acids is 2. The minimum Gasteiger partial charge on any atom is -0.356 e. The zero-order valence-corrected chi connectivity index (χ0v) is 13.5. The van der Waals surface area contributed by atoms with E-state index in [1.807, 2.05) is 49.9 Å². The first-order chi connectivity index (χ1) is 9.90. The molecule has 116 valence electrons. The molecule has 0 heterocycles. The number of benzene rings is 1. The van der Waals surface area contributed by atoms with E-state index in [1.54, 1.807) is 6.92 Å². The molecular formula is C17H26N2O2. The van der Waals surface area contributed by atoms with Gasteiger partial charge in [0.15, 0.2) is 0 Å². The Morgan fingerprint density at radius 1 is 1.19 bits per heavy atom. The third kappa shape index (κ3) is 6.43. The molecule has 0 unspecified atom stereocenters. The topological polar surface area (TPSA) is 49.4 Å². The van der Waals surface area contributed by atoms with Crippen LogP contribution in [0, 0.1) is 6.92 Å². The zero-order chi connectivity index (χ0) is 15.8. The van der Waals surface area contributed by atoms with Gasteiger partial charge in [0.25, 0.3) is 0 Å². The Kier molecular flexibility index (Phi) is 6.92. The van der Waals surface area contributed by atoms with Crippen LogP contribution in [0.2, 0.25) is 0 Å². The quantitative estimate of drug-likeness (QED) is 0.783. The molecule has 0 spiro atoms. The molecule has 0 saturated carbocycles. The Hall–Kier alpha value is -1.84. The van der Waals surface area contributed by atoms with E-state index in [4.69, 9.17) is 0 Å². The first kappa shape index (κ1) is 17.2. The molecule has 0 bridgehead atoms. The van der Waals surface area contributed by atoms with Crippen LogP contribution in [-0.4, -0.2) is 35.8 Å². The molecule has 4 heteroatoms. The molecule has 21 heavy (non-hydrogen) atoms. The van der Waals surface area contributed by atoms with Gasteiger partial charge >= 0.3 is 0 Å². The second-order valence-corrected chi connectivity index (χ2v) is 5.67. The smallest absolute Gasteiger partial charge is 0.224 e. The highest BCUT2D eigenvalue weighted by molar-refractivity contribution is 5.78. The van der Waals surface area contributed by atoms with E-state index < -0.39 is 0 Å². The molecule has 1 N–H and O–H groups in total. The summed E-state index contributed by atoms with van der Waals surface area (Å²) in [6.45, 7) is 8.88. The Bertz CT molecular complexity index is 466. The van der Waals surface area contributed by atoms with Crippen LogP contribution in [0.15, 0.2) is 24.3 Å². The van der Waals surface area contributed by atoms with E-state index in [0.29, 0.717) is 19.5 Å². The summed E-state index contributed by atoms with van der Waals surface area (Å²) >= 11 is 0. The number of nitrogens with one attached hydrogen (secondary N) is 1. The standard InChI is InChI=1S/C17H26N2O2/c1-13(2)19(15(4)20)11-5-10-18-17(21)12-16-8-6-14(3)7-9-16/h6-9,13H,5,10-12H2,1-4H3,(H,18,21). The fourth-order valence-corrected chi connectivity index (χ4v) is 2.21. The monoisotopic (exact) mass is 290 g/mol. The Labute approximate surface area is 127 Å². The summed E-state index contributed by atoms with van der Waals surface area (Å²) in [6, 6.07) is 8.17. The zero-order valence-electron chi connectivity index (χ0n) is 13.5. The summed E-state index contributed by atoms with van der Waals surface area (Å²) in [7, 11) is 0. The van der Waals surface area contributed by atoms with E-state index >= 15 is 0 Å². The van der Waals surface area contributed by atoms with Crippen molar-refractivity contribution in [3.63, 3.8) is 0 Å². The van der Waals surface area contributed by atoms with Crippen molar-refractivity contribution in [2.24, 2.45) is 0 Å². The molecule has 4 nitrogen and oxygen atoms in total. The van der Waals surface area contributed by atoms with Crippen LogP contribution < -0.4 is 5.32 Å². The summed E-state index contributed by atoms with van der Waals surface area (Å²) in [6.07, 6.45) is 1.18. The van der Waals surface area contributed by atoms with Gasteiger partial charge in [0.1, 0.15) is 0 Å². The van der Waals surface area contributed by atoms with Crippen molar-refractivity contribution in [3.8, 4) is 0 Å². The summed E-state index contributed by atoms with van der Waals surface area (Å²) in [5.41, 5.74) is 2.21. The van der Waals surface area contributed by atoms with Gasteiger partial charge in [-0.25, -0.2) is 0 Å². The van der Waals surface area contributed by atoms with Crippen LogP contribution in [0.1, 0.15) is 38.3 Å². The van der Waals surface area contributed by atoms with Crippen LogP contribution in [0.3, 0.4) is 0 Å². The highest BCUT2D eigenvalue weighted by Crippen LogP contribution is 2.04. The average Bonchev–Trinajstić information content (AvgIpc) is 2.40. The van der Waals surface area contributed by atoms with Gasteiger partial charge in [-0.15, -0.1) is 0 Å². The van der Waals surface area contributed by atoms with E-state index in [1.165, 1.54) is 5.56 Å². The first-order valence-electron chi connectivity index (χ1n) is 7.49. The second-order valence-electron chi connectivity index (χ2n) is 5.67. The molecular weight excluding hydrogens is 264 g/mol. The van der Waals surface area contributed by atoms with Crippen molar-refractivity contribution < 1.29 is 9.59 Å². The lowest BCUT2D eigenvalue weighted by molar-refractivity contribution is -0.130. The summed E-state index contributed by atoms with van der Waals surface area (Å²) in [4.78, 5) is 25.1. The SMILES string of the molecule is CC(=O)N(CCCNC(=O)Cc1ccc(C)cc1)C(C)C. The van der Waals surface area contributed by atoms with Gasteiger partial charge in [-0.1, -0.05) is 29.8 Å². The molecule has 0 radical (unpaired) electrons. The van der Waals surface area contributed by atoms with Crippen LogP contribution in [0.25, 0.3) is 0 Å². The third-order valence-electron chi connectivity index (χ3n) is 3.41. The largest absolute Gasteiger partial charge is 0.356 e. The summed E-state index contributed by atoms with van der Waals surface area (Å²) in [5.74, 6) is 0.105. The molecule has 0 aliphatic heterocycles. The van der Waals surface area contributed by atoms with Gasteiger partial charge in [0.2, 0.25) is 11.8 Å². The number of hydrogen-bond donors (Lipinski definition) is 1. The number of carbonyl (C=O) groups is 2. The second kappa shape index (κ2) is 8.45. The van der Waals surface area contributed by atoms with Gasteiger partial charge in [-0.2, -0.15) is 0 Å². The van der Waals surface area contributed by atoms with Crippen LogP contribution in [0.5, 0.6) is 0 Å². The predicted octanol–water partition coefficient (Wildman–Crippen LogP) is 2.30. The first-order valence-corrected chi connectivity index (χ1v) is 7.49. The molecule has 1 aromatic carbocycles. The Morgan fingerprint density at radius 3 is 2.33 bits per heavy atom. The fourth-order valence-electron chi connectivity index (χ4n) is 2.21. The van der Waals surface area contributed by atoms with E-state index in [2.05, 4.69) is 5.32 Å². The Balaban J connectivity index is 2.27. The lowest BCUT2D eigenvalue weighted by Gasteiger charge is -2.25. The van der Waals surface area contributed by atoms with Crippen LogP contribution >= 0.6 is 0 Å². The highest BCUT2D eigenvalue weighted by atomic mass is 16.2. The number of nitrogens with zero attached hydrogens (tertiary/aromatic N) is 1. The molecule has 2 amide bonds. The molecule has 0 aliphatic carbocycles. The predicted molar refractivity (Wildman–Crippen MR) is 85.0 cm³/mol. The lowest BCUT2D eigenvalue weighted by atomic mass is 10.1. The number of rotatable bonds is 7. The maximum Gasteiger partial charge on any atom is 0.224 e. The van der Waals surface area contributed by atoms with Gasteiger partial charge in [-0.05, 0) is 32.8 Å². The minimum absolute atomic E-state index is 0.0257. The van der Waals surface area contributed by atoms with Gasteiger partial charge in [-0.3, -0.25) is 9.59 Å². The van der Waals surface area contributed by atoms with Crippen molar-refractivity contribution in [2.75, 3.05) is 13.1 Å². The summed E-state index contributed by atoms with van der Waals surface area (Å²) < 4.78 is 0. The number of aryl methyl sites for hydroxylation is 1. The molecule has 0 atom stereocenters. The minimum atomic E-state index is 0.0257. The highest BCUT2D eigenvalue weighted by Gasteiger charge is 2.11. The van der Waals surface area contributed by atoms with Crippen molar-refractivity contribution in [1.29, 1.82) is 0 Å². The van der Waals surface area contributed by atoms with Crippen molar-refractivity contribution in [1.82, 2.24) is 10.2 Å². The number of hydrogen-bond acceptors (Lipinski definition) is 2. The molecule has 0 fully saturated rings. The number of amides is 2. The van der Waals surface area contributed by atoms with Gasteiger partial charge in [0, 0.05) is 26.1 Å². The van der Waals surface area contributed by atoms with Gasteiger partial charge < -0.3 is 10.2 Å². The van der Waals surface area contributed by atoms with E-state index in [9.17, 15) is 9.59 Å². The van der Waals surface area contributed by atoms with E-state index in [-0.39, 0.29) is 17.9 Å². The van der Waals surface area contributed by atoms with Crippen LogP contribution in [-0.2, 0) is 16.0 Å². The maximum atomic E-state index is 11.8. The molecule has 0 aromatic heterocycles. The van der Waals surface area contributed by atoms with Crippen molar-refractivity contribution in [3.05, 3.63) is 35.4 Å².